The third-order valence-corrected chi connectivity index (χ3v) is 5.34. The van der Waals surface area contributed by atoms with Crippen molar-refractivity contribution in [1.82, 2.24) is 5.32 Å². The monoisotopic (exact) mass is 367 g/mol. The van der Waals surface area contributed by atoms with E-state index in [-0.39, 0.29) is 18.2 Å². The maximum absolute atomic E-state index is 12.3. The summed E-state index contributed by atoms with van der Waals surface area (Å²) in [7, 11) is 0. The van der Waals surface area contributed by atoms with E-state index in [1.807, 2.05) is 63.2 Å². The second kappa shape index (κ2) is 7.74. The van der Waals surface area contributed by atoms with Gasteiger partial charge in [-0.25, -0.2) is 4.99 Å². The molecular weight excluding hydrogens is 346 g/mol. The van der Waals surface area contributed by atoms with Gasteiger partial charge in [0.25, 0.3) is 0 Å². The summed E-state index contributed by atoms with van der Waals surface area (Å²) in [5.41, 5.74) is 4.82. The molecule has 134 valence electrons. The highest BCUT2D eigenvalue weighted by Crippen LogP contribution is 2.26. The summed E-state index contributed by atoms with van der Waals surface area (Å²) in [6, 6.07) is 13.5. The van der Waals surface area contributed by atoms with E-state index in [0.29, 0.717) is 5.17 Å². The molecule has 2 amide bonds. The molecule has 0 bridgehead atoms. The molecule has 2 aromatic carbocycles. The van der Waals surface area contributed by atoms with Crippen molar-refractivity contribution in [2.24, 2.45) is 4.99 Å². The minimum Gasteiger partial charge on any atom is -0.326 e. The van der Waals surface area contributed by atoms with Crippen molar-refractivity contribution >= 4 is 40.1 Å². The number of thioether (sulfide) groups is 1. The lowest BCUT2D eigenvalue weighted by Gasteiger charge is -2.11. The molecule has 1 aliphatic rings. The van der Waals surface area contributed by atoms with E-state index >= 15 is 0 Å². The summed E-state index contributed by atoms with van der Waals surface area (Å²) in [6.07, 6.45) is 0.108. The number of benzene rings is 2. The first kappa shape index (κ1) is 18.2. The van der Waals surface area contributed by atoms with Crippen molar-refractivity contribution in [2.75, 3.05) is 5.32 Å². The van der Waals surface area contributed by atoms with Crippen LogP contribution in [0.2, 0.25) is 0 Å². The Kier molecular flexibility index (Phi) is 5.42. The van der Waals surface area contributed by atoms with Crippen LogP contribution in [0.15, 0.2) is 47.5 Å². The lowest BCUT2D eigenvalue weighted by molar-refractivity contribution is -0.122. The molecule has 0 aromatic heterocycles. The fourth-order valence-electron chi connectivity index (χ4n) is 2.66. The van der Waals surface area contributed by atoms with Crippen molar-refractivity contribution < 1.29 is 9.59 Å². The van der Waals surface area contributed by atoms with E-state index in [1.54, 1.807) is 0 Å². The number of hydrogen-bond acceptors (Lipinski definition) is 4. The van der Waals surface area contributed by atoms with Crippen LogP contribution in [0.3, 0.4) is 0 Å². The largest absolute Gasteiger partial charge is 0.326 e. The van der Waals surface area contributed by atoms with E-state index < -0.39 is 5.25 Å². The Bertz CT molecular complexity index is 892. The van der Waals surface area contributed by atoms with Gasteiger partial charge in [-0.05, 0) is 55.7 Å². The number of carbonyl (C=O) groups is 2. The zero-order valence-corrected chi connectivity index (χ0v) is 15.8. The lowest BCUT2D eigenvalue weighted by atomic mass is 10.1. The average molecular weight is 367 g/mol. The predicted molar refractivity (Wildman–Crippen MR) is 107 cm³/mol. The van der Waals surface area contributed by atoms with Crippen LogP contribution in [0.25, 0.3) is 0 Å². The SMILES string of the molecule is Cc1cccc(N=C2NC(=O)[C@H](CC(=O)Nc3cccc(C)c3C)S2)c1. The molecule has 0 spiro atoms. The van der Waals surface area contributed by atoms with Gasteiger partial charge >= 0.3 is 0 Å². The lowest BCUT2D eigenvalue weighted by Crippen LogP contribution is -2.28. The van der Waals surface area contributed by atoms with Gasteiger partial charge in [0.1, 0.15) is 5.25 Å². The fraction of sp³-hybridized carbons (Fsp3) is 0.250. The second-order valence-corrected chi connectivity index (χ2v) is 7.54. The Morgan fingerprint density at radius 1 is 1.19 bits per heavy atom. The number of nitrogens with one attached hydrogen (secondary N) is 2. The first-order valence-corrected chi connectivity index (χ1v) is 9.29. The molecule has 1 saturated heterocycles. The van der Waals surface area contributed by atoms with Crippen LogP contribution in [0.4, 0.5) is 11.4 Å². The highest BCUT2D eigenvalue weighted by molar-refractivity contribution is 8.15. The Morgan fingerprint density at radius 2 is 1.96 bits per heavy atom. The fourth-order valence-corrected chi connectivity index (χ4v) is 3.65. The van der Waals surface area contributed by atoms with Gasteiger partial charge in [0.05, 0.1) is 5.69 Å². The van der Waals surface area contributed by atoms with Crippen molar-refractivity contribution in [1.29, 1.82) is 0 Å². The topological polar surface area (TPSA) is 70.6 Å². The predicted octanol–water partition coefficient (Wildman–Crippen LogP) is 3.86. The number of rotatable bonds is 4. The third kappa shape index (κ3) is 4.32. The standard InChI is InChI=1S/C20H21N3O2S/c1-12-6-4-8-15(10-12)21-20-23-19(25)17(26-20)11-18(24)22-16-9-5-7-13(2)14(16)3/h4-10,17H,11H2,1-3H3,(H,22,24)(H,21,23,25)/t17-/m0/s1. The molecule has 5 nitrogen and oxygen atoms in total. The van der Waals surface area contributed by atoms with Gasteiger partial charge < -0.3 is 10.6 Å². The second-order valence-electron chi connectivity index (χ2n) is 6.35. The van der Waals surface area contributed by atoms with Gasteiger partial charge in [0.2, 0.25) is 11.8 Å². The van der Waals surface area contributed by atoms with Crippen LogP contribution in [0, 0.1) is 20.8 Å². The number of hydrogen-bond donors (Lipinski definition) is 2. The zero-order valence-electron chi connectivity index (χ0n) is 15.0. The third-order valence-electron chi connectivity index (χ3n) is 4.26. The van der Waals surface area contributed by atoms with Gasteiger partial charge in [-0.2, -0.15) is 0 Å². The van der Waals surface area contributed by atoms with Crippen LogP contribution in [0.5, 0.6) is 0 Å². The van der Waals surface area contributed by atoms with Crippen LogP contribution >= 0.6 is 11.8 Å². The Hall–Kier alpha value is -2.60. The maximum Gasteiger partial charge on any atom is 0.240 e. The van der Waals surface area contributed by atoms with Crippen LogP contribution in [0.1, 0.15) is 23.1 Å². The van der Waals surface area contributed by atoms with Crippen LogP contribution in [-0.4, -0.2) is 22.2 Å². The highest BCUT2D eigenvalue weighted by Gasteiger charge is 2.32. The molecule has 1 aliphatic heterocycles. The first-order chi connectivity index (χ1) is 12.4. The Morgan fingerprint density at radius 3 is 2.73 bits per heavy atom. The number of amides is 2. The van der Waals surface area contributed by atoms with E-state index in [9.17, 15) is 9.59 Å². The molecule has 3 rings (SSSR count). The maximum atomic E-state index is 12.3. The number of anilines is 1. The van der Waals surface area contributed by atoms with Gasteiger partial charge in [-0.1, -0.05) is 36.0 Å². The molecule has 26 heavy (non-hydrogen) atoms. The Balaban J connectivity index is 1.64. The van der Waals surface area contributed by atoms with Gasteiger partial charge in [-0.3, -0.25) is 9.59 Å². The smallest absolute Gasteiger partial charge is 0.240 e. The molecule has 1 heterocycles. The molecule has 2 N–H and O–H groups in total. The summed E-state index contributed by atoms with van der Waals surface area (Å²) in [4.78, 5) is 29.0. The summed E-state index contributed by atoms with van der Waals surface area (Å²) < 4.78 is 0. The van der Waals surface area contributed by atoms with Gasteiger partial charge in [0.15, 0.2) is 5.17 Å². The van der Waals surface area contributed by atoms with Crippen molar-refractivity contribution in [3.05, 3.63) is 59.2 Å². The van der Waals surface area contributed by atoms with Crippen LogP contribution < -0.4 is 10.6 Å². The first-order valence-electron chi connectivity index (χ1n) is 8.41. The molecule has 0 saturated carbocycles. The molecular formula is C20H21N3O2S. The molecule has 0 aliphatic carbocycles. The summed E-state index contributed by atoms with van der Waals surface area (Å²) in [6.45, 7) is 5.96. The van der Waals surface area contributed by atoms with Crippen molar-refractivity contribution in [3.8, 4) is 0 Å². The minimum atomic E-state index is -0.469. The molecule has 6 heteroatoms. The number of carbonyl (C=O) groups excluding carboxylic acids is 2. The zero-order chi connectivity index (χ0) is 18.7. The van der Waals surface area contributed by atoms with Gasteiger partial charge in [0, 0.05) is 12.1 Å². The van der Waals surface area contributed by atoms with Crippen LogP contribution in [-0.2, 0) is 9.59 Å². The number of aryl methyl sites for hydroxylation is 2. The quantitative estimate of drug-likeness (QED) is 0.862. The number of nitrogens with zero attached hydrogens (tertiary/aromatic N) is 1. The van der Waals surface area contributed by atoms with E-state index in [4.69, 9.17) is 0 Å². The molecule has 0 radical (unpaired) electrons. The van der Waals surface area contributed by atoms with Crippen molar-refractivity contribution in [2.45, 2.75) is 32.4 Å². The van der Waals surface area contributed by atoms with Crippen molar-refractivity contribution in [3.63, 3.8) is 0 Å². The molecule has 2 aromatic rings. The number of amidine groups is 1. The summed E-state index contributed by atoms with van der Waals surface area (Å²) in [5.74, 6) is -0.360. The normalized spacial score (nSPS) is 18.0. The minimum absolute atomic E-state index is 0.108. The van der Waals surface area contributed by atoms with E-state index in [1.165, 1.54) is 11.8 Å². The number of aliphatic imine (C=N–C) groups is 1. The summed E-state index contributed by atoms with van der Waals surface area (Å²) >= 11 is 1.29. The van der Waals surface area contributed by atoms with E-state index in [2.05, 4.69) is 15.6 Å². The average Bonchev–Trinajstić information content (AvgIpc) is 2.91. The Labute approximate surface area is 157 Å². The molecule has 1 atom stereocenters. The summed E-state index contributed by atoms with van der Waals surface area (Å²) in [5, 5.41) is 5.72. The molecule has 0 unspecified atom stereocenters. The highest BCUT2D eigenvalue weighted by atomic mass is 32.2. The van der Waals surface area contributed by atoms with E-state index in [0.717, 1.165) is 28.1 Å². The van der Waals surface area contributed by atoms with Gasteiger partial charge in [-0.15, -0.1) is 0 Å². The molecule has 1 fully saturated rings.